The number of para-hydroxylation sites is 1. The molecule has 0 spiro atoms. The lowest BCUT2D eigenvalue weighted by Gasteiger charge is -2.35. The molecule has 1 amide bonds. The topological polar surface area (TPSA) is 62.2 Å². The van der Waals surface area contributed by atoms with E-state index in [0.717, 1.165) is 0 Å². The van der Waals surface area contributed by atoms with Crippen LogP contribution in [-0.4, -0.2) is 65.5 Å². The molecule has 1 aliphatic rings. The van der Waals surface area contributed by atoms with E-state index >= 15 is 0 Å². The van der Waals surface area contributed by atoms with E-state index in [1.54, 1.807) is 42.7 Å². The van der Waals surface area contributed by atoms with E-state index in [1.807, 2.05) is 0 Å². The van der Waals surface area contributed by atoms with E-state index in [1.165, 1.54) is 9.58 Å². The van der Waals surface area contributed by atoms with E-state index in [2.05, 4.69) is 15.7 Å². The summed E-state index contributed by atoms with van der Waals surface area (Å²) in [5.74, 6) is -0.555. The molecule has 1 atom stereocenters. The number of rotatable bonds is 5. The minimum absolute atomic E-state index is 0.275. The van der Waals surface area contributed by atoms with Gasteiger partial charge in [-0.3, -0.25) is 9.69 Å². The largest absolute Gasteiger partial charge is 0.405 e. The predicted octanol–water partition coefficient (Wildman–Crippen LogP) is 1.44. The quantitative estimate of drug-likeness (QED) is 0.840. The van der Waals surface area contributed by atoms with E-state index in [9.17, 15) is 18.0 Å². The smallest absolute Gasteiger partial charge is 0.350 e. The third-order valence-electron chi connectivity index (χ3n) is 4.33. The highest BCUT2D eigenvalue weighted by atomic mass is 19.4. The van der Waals surface area contributed by atoms with E-state index in [4.69, 9.17) is 0 Å². The van der Waals surface area contributed by atoms with E-state index in [-0.39, 0.29) is 5.56 Å². The monoisotopic (exact) mass is 367 g/mol. The molecule has 2 heterocycles. The van der Waals surface area contributed by atoms with Crippen molar-refractivity contribution in [2.24, 2.45) is 0 Å². The zero-order valence-electron chi connectivity index (χ0n) is 14.0. The van der Waals surface area contributed by atoms with Crippen molar-refractivity contribution in [3.8, 4) is 5.69 Å². The van der Waals surface area contributed by atoms with Gasteiger partial charge < -0.3 is 10.6 Å². The van der Waals surface area contributed by atoms with Crippen LogP contribution in [0, 0.1) is 0 Å². The molecule has 26 heavy (non-hydrogen) atoms. The molecular weight excluding hydrogens is 347 g/mol. The number of hydrogen-bond acceptors (Lipinski definition) is 4. The molecule has 0 bridgehead atoms. The van der Waals surface area contributed by atoms with Crippen molar-refractivity contribution in [2.45, 2.75) is 12.2 Å². The van der Waals surface area contributed by atoms with E-state index in [0.29, 0.717) is 31.9 Å². The molecule has 1 aromatic heterocycles. The van der Waals surface area contributed by atoms with Gasteiger partial charge in [-0.15, -0.1) is 0 Å². The average molecular weight is 367 g/mol. The molecule has 1 aliphatic heterocycles. The van der Waals surface area contributed by atoms with Gasteiger partial charge in [0, 0.05) is 45.1 Å². The number of halogens is 3. The zero-order valence-corrected chi connectivity index (χ0v) is 14.0. The Balaban J connectivity index is 1.73. The molecule has 140 valence electrons. The molecule has 1 unspecified atom stereocenters. The van der Waals surface area contributed by atoms with Crippen LogP contribution >= 0.6 is 0 Å². The number of nitrogens with zero attached hydrogens (tertiary/aromatic N) is 3. The minimum Gasteiger partial charge on any atom is -0.350 e. The first-order valence-electron chi connectivity index (χ1n) is 8.35. The number of aromatic nitrogens is 2. The van der Waals surface area contributed by atoms with Gasteiger partial charge in [0.1, 0.15) is 6.04 Å². The summed E-state index contributed by atoms with van der Waals surface area (Å²) >= 11 is 0. The maximum Gasteiger partial charge on any atom is 0.405 e. The molecule has 0 radical (unpaired) electrons. The minimum atomic E-state index is -4.41. The van der Waals surface area contributed by atoms with Gasteiger partial charge in [-0.1, -0.05) is 12.1 Å². The third-order valence-corrected chi connectivity index (χ3v) is 4.33. The van der Waals surface area contributed by atoms with Crippen LogP contribution in [0.1, 0.15) is 10.4 Å². The fourth-order valence-corrected chi connectivity index (χ4v) is 3.01. The Bertz CT molecular complexity index is 726. The van der Waals surface area contributed by atoms with Crippen LogP contribution in [0.25, 0.3) is 5.69 Å². The highest BCUT2D eigenvalue weighted by Gasteiger charge is 2.43. The van der Waals surface area contributed by atoms with Gasteiger partial charge >= 0.3 is 6.18 Å². The normalized spacial score (nSPS) is 17.0. The van der Waals surface area contributed by atoms with Gasteiger partial charge in [0.05, 0.1) is 11.3 Å². The Kier molecular flexibility index (Phi) is 5.58. The molecule has 2 aromatic rings. The number of piperazine rings is 1. The van der Waals surface area contributed by atoms with Crippen molar-refractivity contribution in [2.75, 3.05) is 32.7 Å². The maximum absolute atomic E-state index is 13.4. The number of hydrogen-bond donors (Lipinski definition) is 2. The fraction of sp³-hybridized carbons (Fsp3) is 0.412. The fourth-order valence-electron chi connectivity index (χ4n) is 3.01. The van der Waals surface area contributed by atoms with Gasteiger partial charge in [-0.2, -0.15) is 18.3 Å². The first kappa shape index (κ1) is 18.4. The second kappa shape index (κ2) is 7.88. The number of carbonyl (C=O) groups is 1. The molecule has 1 fully saturated rings. The van der Waals surface area contributed by atoms with Gasteiger partial charge in [0.15, 0.2) is 0 Å². The Morgan fingerprint density at radius 2 is 1.96 bits per heavy atom. The number of nitrogens with one attached hydrogen (secondary N) is 2. The Hall–Kier alpha value is -2.39. The Morgan fingerprint density at radius 1 is 1.23 bits per heavy atom. The van der Waals surface area contributed by atoms with Crippen molar-refractivity contribution < 1.29 is 18.0 Å². The highest BCUT2D eigenvalue weighted by molar-refractivity contribution is 5.97. The molecule has 9 heteroatoms. The average Bonchev–Trinajstić information content (AvgIpc) is 3.16. The van der Waals surface area contributed by atoms with Crippen LogP contribution in [-0.2, 0) is 0 Å². The van der Waals surface area contributed by atoms with Crippen LogP contribution in [0.15, 0.2) is 42.7 Å². The first-order valence-corrected chi connectivity index (χ1v) is 8.35. The summed E-state index contributed by atoms with van der Waals surface area (Å²) in [4.78, 5) is 13.9. The first-order chi connectivity index (χ1) is 12.5. The molecule has 1 aromatic carbocycles. The molecule has 0 aliphatic carbocycles. The van der Waals surface area contributed by atoms with Crippen LogP contribution in [0.2, 0.25) is 0 Å². The zero-order chi connectivity index (χ0) is 18.6. The summed E-state index contributed by atoms with van der Waals surface area (Å²) in [5.41, 5.74) is 0.790. The SMILES string of the molecule is O=C(NCC(N1CCNCC1)C(F)(F)F)c1ccccc1-n1cccn1. The summed E-state index contributed by atoms with van der Waals surface area (Å²) in [6.45, 7) is 1.11. The van der Waals surface area contributed by atoms with Crippen LogP contribution in [0.3, 0.4) is 0 Å². The van der Waals surface area contributed by atoms with Crippen LogP contribution in [0.5, 0.6) is 0 Å². The maximum atomic E-state index is 13.4. The summed E-state index contributed by atoms with van der Waals surface area (Å²) in [5, 5.41) is 9.55. The summed E-state index contributed by atoms with van der Waals surface area (Å²) in [6, 6.07) is 6.68. The van der Waals surface area contributed by atoms with Gasteiger partial charge in [0.2, 0.25) is 0 Å². The van der Waals surface area contributed by atoms with Crippen LogP contribution < -0.4 is 10.6 Å². The highest BCUT2D eigenvalue weighted by Crippen LogP contribution is 2.25. The van der Waals surface area contributed by atoms with Crippen molar-refractivity contribution in [1.82, 2.24) is 25.3 Å². The van der Waals surface area contributed by atoms with Crippen molar-refractivity contribution in [1.29, 1.82) is 0 Å². The Labute approximate surface area is 149 Å². The standard InChI is InChI=1S/C17H20F3N5O/c18-17(19,20)15(24-10-7-21-8-11-24)12-22-16(26)13-4-1-2-5-14(13)25-9-3-6-23-25/h1-6,9,15,21H,7-8,10-12H2,(H,22,26). The van der Waals surface area contributed by atoms with E-state index < -0.39 is 24.7 Å². The second-order valence-electron chi connectivity index (χ2n) is 6.02. The molecular formula is C17H20F3N5O. The predicted molar refractivity (Wildman–Crippen MR) is 90.2 cm³/mol. The molecule has 2 N–H and O–H groups in total. The van der Waals surface area contributed by atoms with Gasteiger partial charge in [0.25, 0.3) is 5.91 Å². The number of alkyl halides is 3. The summed E-state index contributed by atoms with van der Waals surface area (Å²) in [7, 11) is 0. The summed E-state index contributed by atoms with van der Waals surface area (Å²) in [6.07, 6.45) is -1.17. The van der Waals surface area contributed by atoms with Crippen molar-refractivity contribution in [3.05, 3.63) is 48.3 Å². The lowest BCUT2D eigenvalue weighted by molar-refractivity contribution is -0.183. The second-order valence-corrected chi connectivity index (χ2v) is 6.02. The molecule has 6 nitrogen and oxygen atoms in total. The third kappa shape index (κ3) is 4.23. The lowest BCUT2D eigenvalue weighted by Crippen LogP contribution is -2.57. The van der Waals surface area contributed by atoms with Crippen molar-refractivity contribution >= 4 is 5.91 Å². The molecule has 0 saturated carbocycles. The molecule has 1 saturated heterocycles. The number of carbonyl (C=O) groups excluding carboxylic acids is 1. The molecule has 3 rings (SSSR count). The number of benzene rings is 1. The Morgan fingerprint density at radius 3 is 2.62 bits per heavy atom. The summed E-state index contributed by atoms with van der Waals surface area (Å²) < 4.78 is 41.8. The van der Waals surface area contributed by atoms with Crippen LogP contribution in [0.4, 0.5) is 13.2 Å². The van der Waals surface area contributed by atoms with Gasteiger partial charge in [-0.05, 0) is 18.2 Å². The number of amides is 1. The van der Waals surface area contributed by atoms with Gasteiger partial charge in [-0.25, -0.2) is 4.68 Å². The lowest BCUT2D eigenvalue weighted by atomic mass is 10.1. The van der Waals surface area contributed by atoms with Crippen molar-refractivity contribution in [3.63, 3.8) is 0 Å².